The zero-order valence-electron chi connectivity index (χ0n) is 17.7. The van der Waals surface area contributed by atoms with E-state index in [9.17, 15) is 0 Å². The van der Waals surface area contributed by atoms with Crippen molar-refractivity contribution in [2.45, 2.75) is 43.7 Å². The van der Waals surface area contributed by atoms with E-state index < -0.39 is 0 Å². The van der Waals surface area contributed by atoms with Crippen molar-refractivity contribution in [1.29, 1.82) is 0 Å². The first-order chi connectivity index (χ1) is 15.2. The van der Waals surface area contributed by atoms with E-state index in [-0.39, 0.29) is 6.10 Å². The maximum Gasteiger partial charge on any atom is 0.127 e. The van der Waals surface area contributed by atoms with Crippen molar-refractivity contribution in [3.05, 3.63) is 57.3 Å². The number of ether oxygens (including phenoxy) is 1. The highest BCUT2D eigenvalue weighted by atomic mass is 35.5. The molecule has 6 rings (SSSR count). The molecule has 4 heterocycles. The lowest BCUT2D eigenvalue weighted by atomic mass is 9.93. The van der Waals surface area contributed by atoms with Crippen molar-refractivity contribution in [3.63, 3.8) is 0 Å². The van der Waals surface area contributed by atoms with Crippen LogP contribution in [0.15, 0.2) is 29.6 Å². The molecule has 162 valence electrons. The van der Waals surface area contributed by atoms with Crippen LogP contribution < -0.4 is 5.32 Å². The number of rotatable bonds is 5. The largest absolute Gasteiger partial charge is 0.376 e. The molecule has 1 aliphatic carbocycles. The summed E-state index contributed by atoms with van der Waals surface area (Å²) in [5.41, 5.74) is 3.73. The standard InChI is InChI=1S/C24H27ClN4OS/c1-14-27-22(17-5-11-31-24(17)28-14)19-13-18(19)16-3-2-15(12-20(16)25)23(21-4-10-30-21)29-8-6-26-7-9-29/h2-3,5,11-12,18-19,21,23,26H,4,6-10,13H2,1H3. The summed E-state index contributed by atoms with van der Waals surface area (Å²) >= 11 is 8.58. The fourth-order valence-electron chi connectivity index (χ4n) is 5.26. The van der Waals surface area contributed by atoms with E-state index in [0.29, 0.717) is 17.9 Å². The zero-order valence-corrected chi connectivity index (χ0v) is 19.3. The van der Waals surface area contributed by atoms with Gasteiger partial charge < -0.3 is 10.1 Å². The smallest absolute Gasteiger partial charge is 0.127 e. The summed E-state index contributed by atoms with van der Waals surface area (Å²) in [5, 5.41) is 7.66. The molecule has 1 saturated carbocycles. The summed E-state index contributed by atoms with van der Waals surface area (Å²) in [6.45, 7) is 7.04. The number of hydrogen-bond acceptors (Lipinski definition) is 6. The number of hydrogen-bond donors (Lipinski definition) is 1. The first kappa shape index (κ1) is 20.1. The summed E-state index contributed by atoms with van der Waals surface area (Å²) in [4.78, 5) is 13.1. The minimum atomic E-state index is 0.282. The maximum absolute atomic E-state index is 6.89. The van der Waals surface area contributed by atoms with Gasteiger partial charge in [0.2, 0.25) is 0 Å². The monoisotopic (exact) mass is 454 g/mol. The van der Waals surface area contributed by atoms with E-state index in [2.05, 4.69) is 44.8 Å². The molecule has 7 heteroatoms. The molecule has 2 saturated heterocycles. The third-order valence-electron chi connectivity index (χ3n) is 7.00. The van der Waals surface area contributed by atoms with Gasteiger partial charge in [-0.05, 0) is 54.3 Å². The fraction of sp³-hybridized carbons (Fsp3) is 0.500. The number of halogens is 1. The van der Waals surface area contributed by atoms with Crippen molar-refractivity contribution in [1.82, 2.24) is 20.2 Å². The number of nitrogens with zero attached hydrogens (tertiary/aromatic N) is 3. The van der Waals surface area contributed by atoms with Gasteiger partial charge in [-0.1, -0.05) is 23.7 Å². The van der Waals surface area contributed by atoms with Gasteiger partial charge in [-0.2, -0.15) is 0 Å². The van der Waals surface area contributed by atoms with Gasteiger partial charge in [-0.3, -0.25) is 4.90 Å². The Hall–Kier alpha value is -1.57. The number of nitrogens with one attached hydrogen (secondary N) is 1. The average molecular weight is 455 g/mol. The lowest BCUT2D eigenvalue weighted by Crippen LogP contribution is -2.50. The van der Waals surface area contributed by atoms with Crippen LogP contribution in [0.2, 0.25) is 5.02 Å². The van der Waals surface area contributed by atoms with Crippen LogP contribution >= 0.6 is 22.9 Å². The topological polar surface area (TPSA) is 50.3 Å². The number of aryl methyl sites for hydroxylation is 1. The average Bonchev–Trinajstić information content (AvgIpc) is 3.38. The third-order valence-corrected chi connectivity index (χ3v) is 8.14. The number of benzene rings is 1. The molecule has 2 aliphatic heterocycles. The second-order valence-corrected chi connectivity index (χ2v) is 10.3. The van der Waals surface area contributed by atoms with Gasteiger partial charge in [-0.25, -0.2) is 9.97 Å². The van der Waals surface area contributed by atoms with Gasteiger partial charge in [0, 0.05) is 49.1 Å². The molecule has 0 amide bonds. The van der Waals surface area contributed by atoms with Crippen LogP contribution in [0.25, 0.3) is 10.2 Å². The Morgan fingerprint density at radius 1 is 1.19 bits per heavy atom. The van der Waals surface area contributed by atoms with Crippen molar-refractivity contribution >= 4 is 33.2 Å². The minimum absolute atomic E-state index is 0.282. The fourth-order valence-corrected chi connectivity index (χ4v) is 6.41. The Morgan fingerprint density at radius 2 is 2.03 bits per heavy atom. The van der Waals surface area contributed by atoms with E-state index in [4.69, 9.17) is 21.3 Å². The van der Waals surface area contributed by atoms with E-state index in [1.54, 1.807) is 11.3 Å². The van der Waals surface area contributed by atoms with E-state index in [1.807, 2.05) is 6.92 Å². The van der Waals surface area contributed by atoms with Crippen molar-refractivity contribution < 1.29 is 4.74 Å². The molecule has 4 unspecified atom stereocenters. The number of thiophene rings is 1. The van der Waals surface area contributed by atoms with Crippen LogP contribution in [0.3, 0.4) is 0 Å². The van der Waals surface area contributed by atoms with Crippen LogP contribution in [-0.4, -0.2) is 53.8 Å². The van der Waals surface area contributed by atoms with Gasteiger partial charge in [-0.15, -0.1) is 11.3 Å². The highest BCUT2D eigenvalue weighted by Crippen LogP contribution is 2.57. The highest BCUT2D eigenvalue weighted by molar-refractivity contribution is 7.16. The van der Waals surface area contributed by atoms with E-state index >= 15 is 0 Å². The SMILES string of the molecule is Cc1nc(C2CC2c2ccc(C(C3CCO3)N3CCNCC3)cc2Cl)c2ccsc2n1. The first-order valence-corrected chi connectivity index (χ1v) is 12.5. The second kappa shape index (κ2) is 8.09. The molecule has 1 aromatic carbocycles. The van der Waals surface area contributed by atoms with E-state index in [0.717, 1.165) is 61.3 Å². The molecular formula is C24H27ClN4OS. The molecule has 4 atom stereocenters. The lowest BCUT2D eigenvalue weighted by molar-refractivity contribution is -0.102. The summed E-state index contributed by atoms with van der Waals surface area (Å²) < 4.78 is 5.93. The first-order valence-electron chi connectivity index (χ1n) is 11.3. The molecule has 2 aromatic heterocycles. The van der Waals surface area contributed by atoms with Crippen molar-refractivity contribution in [2.75, 3.05) is 32.8 Å². The molecule has 1 N–H and O–H groups in total. The Morgan fingerprint density at radius 3 is 2.77 bits per heavy atom. The highest BCUT2D eigenvalue weighted by Gasteiger charge is 2.43. The van der Waals surface area contributed by atoms with Gasteiger partial charge in [0.15, 0.2) is 0 Å². The number of piperazine rings is 1. The van der Waals surface area contributed by atoms with Gasteiger partial charge in [0.05, 0.1) is 17.8 Å². The van der Waals surface area contributed by atoms with Crippen LogP contribution in [0.1, 0.15) is 53.4 Å². The molecule has 3 fully saturated rings. The molecule has 31 heavy (non-hydrogen) atoms. The number of aromatic nitrogens is 2. The summed E-state index contributed by atoms with van der Waals surface area (Å²) in [5.74, 6) is 1.73. The quantitative estimate of drug-likeness (QED) is 0.607. The van der Waals surface area contributed by atoms with Gasteiger partial charge >= 0.3 is 0 Å². The normalized spacial score (nSPS) is 27.2. The predicted molar refractivity (Wildman–Crippen MR) is 125 cm³/mol. The molecule has 0 bridgehead atoms. The third kappa shape index (κ3) is 3.68. The summed E-state index contributed by atoms with van der Waals surface area (Å²) in [7, 11) is 0. The predicted octanol–water partition coefficient (Wildman–Crippen LogP) is 4.66. The molecule has 0 radical (unpaired) electrons. The Balaban J connectivity index is 1.27. The van der Waals surface area contributed by atoms with Crippen molar-refractivity contribution in [3.8, 4) is 0 Å². The van der Waals surface area contributed by atoms with Gasteiger partial charge in [0.25, 0.3) is 0 Å². The Bertz CT molecular complexity index is 1110. The molecule has 3 aromatic rings. The summed E-state index contributed by atoms with van der Waals surface area (Å²) in [6, 6.07) is 9.20. The Kier molecular flexibility index (Phi) is 5.23. The van der Waals surface area contributed by atoms with Gasteiger partial charge in [0.1, 0.15) is 10.7 Å². The minimum Gasteiger partial charge on any atom is -0.376 e. The lowest BCUT2D eigenvalue weighted by Gasteiger charge is -2.43. The second-order valence-electron chi connectivity index (χ2n) is 8.95. The molecular weight excluding hydrogens is 428 g/mol. The van der Waals surface area contributed by atoms with Crippen LogP contribution in [0.5, 0.6) is 0 Å². The molecule has 5 nitrogen and oxygen atoms in total. The number of fused-ring (bicyclic) bond motifs is 1. The van der Waals surface area contributed by atoms with E-state index in [1.165, 1.54) is 22.2 Å². The molecule has 0 spiro atoms. The summed E-state index contributed by atoms with van der Waals surface area (Å²) in [6.07, 6.45) is 2.51. The Labute approximate surface area is 191 Å². The molecule has 3 aliphatic rings. The zero-order chi connectivity index (χ0) is 20.9. The van der Waals surface area contributed by atoms with Crippen LogP contribution in [0.4, 0.5) is 0 Å². The van der Waals surface area contributed by atoms with Crippen LogP contribution in [0, 0.1) is 6.92 Å². The maximum atomic E-state index is 6.89. The van der Waals surface area contributed by atoms with Crippen molar-refractivity contribution in [2.24, 2.45) is 0 Å². The van der Waals surface area contributed by atoms with Crippen LogP contribution in [-0.2, 0) is 4.74 Å².